The molecule has 0 aliphatic heterocycles. The van der Waals surface area contributed by atoms with Crippen molar-refractivity contribution in [3.63, 3.8) is 0 Å². The Labute approximate surface area is 193 Å². The SMILES string of the molecule is CCn1c(SCC(=O)N/N=C/c2ccc(OC)c(Br)c2)nnc1-c1ccc(OC)cc1. The van der Waals surface area contributed by atoms with Gasteiger partial charge in [-0.3, -0.25) is 4.79 Å². The highest BCUT2D eigenvalue weighted by Gasteiger charge is 2.14. The summed E-state index contributed by atoms with van der Waals surface area (Å²) in [5.74, 6) is 2.19. The largest absolute Gasteiger partial charge is 0.497 e. The number of thioether (sulfide) groups is 1. The number of carbonyl (C=O) groups excluding carboxylic acids is 1. The molecule has 31 heavy (non-hydrogen) atoms. The molecule has 0 aliphatic carbocycles. The van der Waals surface area contributed by atoms with Gasteiger partial charge in [-0.05, 0) is 70.9 Å². The first-order valence-corrected chi connectivity index (χ1v) is 11.2. The molecular formula is C21H22BrN5O3S. The topological polar surface area (TPSA) is 90.6 Å². The number of hydrazone groups is 1. The fourth-order valence-corrected chi connectivity index (χ4v) is 4.09. The molecule has 1 aromatic heterocycles. The van der Waals surface area contributed by atoms with Gasteiger partial charge in [-0.25, -0.2) is 5.43 Å². The van der Waals surface area contributed by atoms with Crippen LogP contribution in [-0.2, 0) is 11.3 Å². The number of aromatic nitrogens is 3. The quantitative estimate of drug-likeness (QED) is 0.269. The predicted molar refractivity (Wildman–Crippen MR) is 125 cm³/mol. The lowest BCUT2D eigenvalue weighted by molar-refractivity contribution is -0.118. The van der Waals surface area contributed by atoms with Crippen molar-refractivity contribution in [1.29, 1.82) is 0 Å². The van der Waals surface area contributed by atoms with Gasteiger partial charge in [0, 0.05) is 12.1 Å². The van der Waals surface area contributed by atoms with Crippen LogP contribution < -0.4 is 14.9 Å². The molecule has 1 N–H and O–H groups in total. The number of hydrogen-bond acceptors (Lipinski definition) is 7. The van der Waals surface area contributed by atoms with Crippen molar-refractivity contribution in [3.05, 3.63) is 52.5 Å². The van der Waals surface area contributed by atoms with E-state index < -0.39 is 0 Å². The highest BCUT2D eigenvalue weighted by Crippen LogP contribution is 2.26. The molecular weight excluding hydrogens is 482 g/mol. The smallest absolute Gasteiger partial charge is 0.250 e. The highest BCUT2D eigenvalue weighted by molar-refractivity contribution is 9.10. The summed E-state index contributed by atoms with van der Waals surface area (Å²) < 4.78 is 13.2. The summed E-state index contributed by atoms with van der Waals surface area (Å²) in [6.45, 7) is 2.70. The fraction of sp³-hybridized carbons (Fsp3) is 0.238. The van der Waals surface area contributed by atoms with E-state index >= 15 is 0 Å². The summed E-state index contributed by atoms with van der Waals surface area (Å²) in [7, 11) is 3.23. The minimum absolute atomic E-state index is 0.171. The highest BCUT2D eigenvalue weighted by atomic mass is 79.9. The molecule has 162 valence electrons. The van der Waals surface area contributed by atoms with Crippen LogP contribution in [0.4, 0.5) is 0 Å². The van der Waals surface area contributed by atoms with Crippen LogP contribution in [0.2, 0.25) is 0 Å². The molecule has 0 saturated heterocycles. The predicted octanol–water partition coefficient (Wildman–Crippen LogP) is 3.99. The Hall–Kier alpha value is -2.85. The molecule has 1 heterocycles. The minimum atomic E-state index is -0.231. The molecule has 2 aromatic carbocycles. The van der Waals surface area contributed by atoms with E-state index in [0.717, 1.165) is 32.9 Å². The first-order chi connectivity index (χ1) is 15.0. The third-order valence-electron chi connectivity index (χ3n) is 4.29. The van der Waals surface area contributed by atoms with E-state index in [4.69, 9.17) is 9.47 Å². The van der Waals surface area contributed by atoms with Gasteiger partial charge in [0.15, 0.2) is 11.0 Å². The third-order valence-corrected chi connectivity index (χ3v) is 5.88. The van der Waals surface area contributed by atoms with Crippen LogP contribution in [0.3, 0.4) is 0 Å². The van der Waals surface area contributed by atoms with E-state index in [9.17, 15) is 4.79 Å². The Morgan fingerprint density at radius 1 is 1.19 bits per heavy atom. The molecule has 3 aromatic rings. The molecule has 0 spiro atoms. The van der Waals surface area contributed by atoms with Crippen molar-refractivity contribution in [3.8, 4) is 22.9 Å². The van der Waals surface area contributed by atoms with Crippen LogP contribution in [0.25, 0.3) is 11.4 Å². The number of halogens is 1. The van der Waals surface area contributed by atoms with Gasteiger partial charge in [-0.2, -0.15) is 5.10 Å². The summed E-state index contributed by atoms with van der Waals surface area (Å²) in [6, 6.07) is 13.1. The lowest BCUT2D eigenvalue weighted by Gasteiger charge is -2.07. The van der Waals surface area contributed by atoms with Crippen molar-refractivity contribution in [2.24, 2.45) is 5.10 Å². The second-order valence-electron chi connectivity index (χ2n) is 6.25. The van der Waals surface area contributed by atoms with Crippen LogP contribution in [-0.4, -0.2) is 46.9 Å². The molecule has 0 radical (unpaired) electrons. The van der Waals surface area contributed by atoms with Crippen LogP contribution in [0.15, 0.2) is 57.2 Å². The van der Waals surface area contributed by atoms with Crippen LogP contribution in [0.5, 0.6) is 11.5 Å². The van der Waals surface area contributed by atoms with E-state index in [-0.39, 0.29) is 11.7 Å². The van der Waals surface area contributed by atoms with Gasteiger partial charge in [0.05, 0.1) is 30.7 Å². The average Bonchev–Trinajstić information content (AvgIpc) is 3.21. The normalized spacial score (nSPS) is 11.0. The average molecular weight is 504 g/mol. The molecule has 1 amide bonds. The maximum atomic E-state index is 12.2. The van der Waals surface area contributed by atoms with Gasteiger partial charge in [0.1, 0.15) is 11.5 Å². The lowest BCUT2D eigenvalue weighted by atomic mass is 10.2. The first kappa shape index (κ1) is 22.8. The van der Waals surface area contributed by atoms with E-state index in [1.165, 1.54) is 11.8 Å². The summed E-state index contributed by atoms with van der Waals surface area (Å²) in [5, 5.41) is 13.2. The molecule has 0 atom stereocenters. The zero-order valence-corrected chi connectivity index (χ0v) is 19.7. The number of rotatable bonds is 9. The van der Waals surface area contributed by atoms with E-state index in [2.05, 4.69) is 36.7 Å². The van der Waals surface area contributed by atoms with Gasteiger partial charge < -0.3 is 14.0 Å². The van der Waals surface area contributed by atoms with Crippen LogP contribution in [0, 0.1) is 0 Å². The van der Waals surface area contributed by atoms with E-state index in [0.29, 0.717) is 11.7 Å². The maximum absolute atomic E-state index is 12.2. The summed E-state index contributed by atoms with van der Waals surface area (Å²) in [5.41, 5.74) is 4.29. The number of ether oxygens (including phenoxy) is 2. The van der Waals surface area contributed by atoms with Crippen LogP contribution in [0.1, 0.15) is 12.5 Å². The number of hydrogen-bond donors (Lipinski definition) is 1. The molecule has 0 saturated carbocycles. The van der Waals surface area contributed by atoms with Crippen molar-refractivity contribution < 1.29 is 14.3 Å². The number of amides is 1. The number of benzene rings is 2. The number of methoxy groups -OCH3 is 2. The molecule has 0 unspecified atom stereocenters. The molecule has 3 rings (SSSR count). The number of carbonyl (C=O) groups is 1. The maximum Gasteiger partial charge on any atom is 0.250 e. The summed E-state index contributed by atoms with van der Waals surface area (Å²) in [4.78, 5) is 12.2. The van der Waals surface area contributed by atoms with Gasteiger partial charge >= 0.3 is 0 Å². The molecule has 0 aliphatic rings. The Morgan fingerprint density at radius 2 is 1.97 bits per heavy atom. The standard InChI is InChI=1S/C21H22BrN5O3S/c1-4-27-20(15-6-8-16(29-2)9-7-15)25-26-21(27)31-13-19(28)24-23-12-14-5-10-18(30-3)17(22)11-14/h5-12H,4,13H2,1-3H3,(H,24,28)/b23-12+. The lowest BCUT2D eigenvalue weighted by Crippen LogP contribution is -2.20. The molecule has 10 heteroatoms. The van der Waals surface area contributed by atoms with Crippen molar-refractivity contribution >= 4 is 39.8 Å². The van der Waals surface area contributed by atoms with Gasteiger partial charge in [-0.1, -0.05) is 11.8 Å². The van der Waals surface area contributed by atoms with E-state index in [1.54, 1.807) is 20.4 Å². The Balaban J connectivity index is 1.58. The van der Waals surface area contributed by atoms with Crippen molar-refractivity contribution in [2.75, 3.05) is 20.0 Å². The van der Waals surface area contributed by atoms with Gasteiger partial charge in [0.25, 0.3) is 5.91 Å². The summed E-state index contributed by atoms with van der Waals surface area (Å²) >= 11 is 4.73. The molecule has 0 bridgehead atoms. The van der Waals surface area contributed by atoms with Crippen molar-refractivity contribution in [2.45, 2.75) is 18.6 Å². The molecule has 0 fully saturated rings. The Morgan fingerprint density at radius 3 is 2.61 bits per heavy atom. The Bertz CT molecular complexity index is 1070. The van der Waals surface area contributed by atoms with E-state index in [1.807, 2.05) is 54.0 Å². The number of nitrogens with zero attached hydrogens (tertiary/aromatic N) is 4. The second-order valence-corrected chi connectivity index (χ2v) is 8.05. The number of nitrogens with one attached hydrogen (secondary N) is 1. The second kappa shape index (κ2) is 11.0. The Kier molecular flexibility index (Phi) is 8.07. The first-order valence-electron chi connectivity index (χ1n) is 9.41. The molecule has 8 nitrogen and oxygen atoms in total. The van der Waals surface area contributed by atoms with Crippen LogP contribution >= 0.6 is 27.7 Å². The zero-order valence-electron chi connectivity index (χ0n) is 17.3. The van der Waals surface area contributed by atoms with Gasteiger partial charge in [-0.15, -0.1) is 10.2 Å². The monoisotopic (exact) mass is 503 g/mol. The zero-order chi connectivity index (χ0) is 22.2. The minimum Gasteiger partial charge on any atom is -0.497 e. The van der Waals surface area contributed by atoms with Crippen molar-refractivity contribution in [1.82, 2.24) is 20.2 Å². The van der Waals surface area contributed by atoms with Gasteiger partial charge in [0.2, 0.25) is 0 Å². The summed E-state index contributed by atoms with van der Waals surface area (Å²) in [6.07, 6.45) is 1.57. The fourth-order valence-electron chi connectivity index (χ4n) is 2.74. The third kappa shape index (κ3) is 5.86.